The van der Waals surface area contributed by atoms with Crippen molar-refractivity contribution in [2.75, 3.05) is 36.1 Å². The van der Waals surface area contributed by atoms with E-state index in [0.29, 0.717) is 12.0 Å². The molecular formula is C10H18N6. The molecule has 6 heteroatoms. The Hall–Kier alpha value is -1.56. The molecule has 1 saturated heterocycles. The number of hydrogen-bond donors (Lipinski definition) is 3. The number of anilines is 3. The van der Waals surface area contributed by atoms with E-state index in [1.54, 1.807) is 0 Å². The molecule has 2 rings (SSSR count). The van der Waals surface area contributed by atoms with E-state index in [-0.39, 0.29) is 0 Å². The summed E-state index contributed by atoms with van der Waals surface area (Å²) in [7, 11) is 1.82. The van der Waals surface area contributed by atoms with Crippen molar-refractivity contribution in [1.82, 2.24) is 9.97 Å². The first kappa shape index (κ1) is 10.9. The second kappa shape index (κ2) is 4.52. The average Bonchev–Trinajstić information content (AvgIpc) is 2.29. The Bertz CT molecular complexity index is 358. The van der Waals surface area contributed by atoms with Gasteiger partial charge in [-0.05, 0) is 12.8 Å². The number of nitrogen functional groups attached to an aromatic ring is 1. The van der Waals surface area contributed by atoms with E-state index in [1.165, 1.54) is 0 Å². The predicted octanol–water partition coefficient (Wildman–Crippen LogP) is 0.0280. The highest BCUT2D eigenvalue weighted by atomic mass is 15.2. The highest BCUT2D eigenvalue weighted by Crippen LogP contribution is 2.20. The lowest BCUT2D eigenvalue weighted by Gasteiger charge is -2.31. The molecule has 2 heterocycles. The topological polar surface area (TPSA) is 93.1 Å². The van der Waals surface area contributed by atoms with Gasteiger partial charge in [-0.3, -0.25) is 0 Å². The minimum Gasteiger partial charge on any atom is -0.373 e. The quantitative estimate of drug-likeness (QED) is 0.653. The zero-order valence-electron chi connectivity index (χ0n) is 9.48. The van der Waals surface area contributed by atoms with Crippen molar-refractivity contribution in [2.45, 2.75) is 18.9 Å². The summed E-state index contributed by atoms with van der Waals surface area (Å²) in [6.45, 7) is 1.86. The first-order chi connectivity index (χ1) is 7.69. The summed E-state index contributed by atoms with van der Waals surface area (Å²) in [6, 6.07) is 2.23. The zero-order chi connectivity index (χ0) is 11.5. The summed E-state index contributed by atoms with van der Waals surface area (Å²) in [4.78, 5) is 10.5. The van der Waals surface area contributed by atoms with Gasteiger partial charge in [0, 0.05) is 32.2 Å². The first-order valence-corrected chi connectivity index (χ1v) is 5.52. The van der Waals surface area contributed by atoms with Crippen molar-refractivity contribution in [3.63, 3.8) is 0 Å². The maximum absolute atomic E-state index is 5.86. The summed E-state index contributed by atoms with van der Waals surface area (Å²) in [5.41, 5.74) is 11.5. The van der Waals surface area contributed by atoms with Crippen molar-refractivity contribution in [2.24, 2.45) is 5.73 Å². The van der Waals surface area contributed by atoms with Gasteiger partial charge in [-0.1, -0.05) is 0 Å². The number of nitrogens with zero attached hydrogens (tertiary/aromatic N) is 3. The standard InChI is InChI=1S/C10H18N6/c1-13-8-6-9(15-10(12)14-8)16-4-2-7(11)3-5-16/h6-7H,2-5,11H2,1H3,(H3,12,13,14,15). The molecule has 6 nitrogen and oxygen atoms in total. The van der Waals surface area contributed by atoms with Gasteiger partial charge in [0.15, 0.2) is 0 Å². The molecule has 0 unspecified atom stereocenters. The third-order valence-electron chi connectivity index (χ3n) is 2.85. The number of aromatic nitrogens is 2. The van der Waals surface area contributed by atoms with Crippen molar-refractivity contribution in [1.29, 1.82) is 0 Å². The van der Waals surface area contributed by atoms with Crippen molar-refractivity contribution in [3.05, 3.63) is 6.07 Å². The van der Waals surface area contributed by atoms with Crippen LogP contribution in [0, 0.1) is 0 Å². The van der Waals surface area contributed by atoms with E-state index >= 15 is 0 Å². The van der Waals surface area contributed by atoms with Crippen LogP contribution in [0.25, 0.3) is 0 Å². The molecule has 0 aliphatic carbocycles. The molecule has 1 aromatic heterocycles. The number of rotatable bonds is 2. The molecule has 88 valence electrons. The van der Waals surface area contributed by atoms with Crippen LogP contribution in [0.1, 0.15) is 12.8 Å². The molecule has 0 radical (unpaired) electrons. The Balaban J connectivity index is 2.16. The Morgan fingerprint density at radius 3 is 2.69 bits per heavy atom. The third kappa shape index (κ3) is 2.33. The molecule has 0 saturated carbocycles. The van der Waals surface area contributed by atoms with Gasteiger partial charge in [0.05, 0.1) is 0 Å². The molecule has 1 aliphatic heterocycles. The molecule has 1 aromatic rings. The van der Waals surface area contributed by atoms with Crippen LogP contribution in [0.5, 0.6) is 0 Å². The number of nitrogens with two attached hydrogens (primary N) is 2. The number of piperidine rings is 1. The highest BCUT2D eigenvalue weighted by molar-refractivity contribution is 5.52. The second-order valence-corrected chi connectivity index (χ2v) is 4.04. The molecule has 0 aromatic carbocycles. The minimum atomic E-state index is 0.303. The van der Waals surface area contributed by atoms with E-state index < -0.39 is 0 Å². The van der Waals surface area contributed by atoms with E-state index in [2.05, 4.69) is 20.2 Å². The molecule has 1 aliphatic rings. The normalized spacial score (nSPS) is 17.5. The minimum absolute atomic E-state index is 0.303. The van der Waals surface area contributed by atoms with Crippen LogP contribution in [0.2, 0.25) is 0 Å². The van der Waals surface area contributed by atoms with Gasteiger partial charge in [-0.25, -0.2) is 0 Å². The number of hydrogen-bond acceptors (Lipinski definition) is 6. The average molecular weight is 222 g/mol. The molecule has 0 atom stereocenters. The second-order valence-electron chi connectivity index (χ2n) is 4.04. The third-order valence-corrected chi connectivity index (χ3v) is 2.85. The molecule has 5 N–H and O–H groups in total. The van der Waals surface area contributed by atoms with Crippen molar-refractivity contribution in [3.8, 4) is 0 Å². The molecular weight excluding hydrogens is 204 g/mol. The molecule has 16 heavy (non-hydrogen) atoms. The van der Waals surface area contributed by atoms with Crippen LogP contribution in [0.3, 0.4) is 0 Å². The summed E-state index contributed by atoms with van der Waals surface area (Å²) < 4.78 is 0. The fourth-order valence-corrected chi connectivity index (χ4v) is 1.87. The Labute approximate surface area is 95.0 Å². The van der Waals surface area contributed by atoms with Gasteiger partial charge in [0.1, 0.15) is 11.6 Å². The molecule has 0 spiro atoms. The van der Waals surface area contributed by atoms with Gasteiger partial charge in [-0.2, -0.15) is 9.97 Å². The first-order valence-electron chi connectivity index (χ1n) is 5.52. The summed E-state index contributed by atoms with van der Waals surface area (Å²) in [6.07, 6.45) is 2.00. The van der Waals surface area contributed by atoms with Crippen molar-refractivity contribution < 1.29 is 0 Å². The fraction of sp³-hybridized carbons (Fsp3) is 0.600. The smallest absolute Gasteiger partial charge is 0.223 e. The van der Waals surface area contributed by atoms with Crippen LogP contribution in [-0.4, -0.2) is 36.1 Å². The lowest BCUT2D eigenvalue weighted by atomic mass is 10.1. The van der Waals surface area contributed by atoms with Gasteiger partial charge in [-0.15, -0.1) is 0 Å². The van der Waals surface area contributed by atoms with Gasteiger partial charge >= 0.3 is 0 Å². The maximum atomic E-state index is 5.86. The van der Waals surface area contributed by atoms with E-state index in [4.69, 9.17) is 11.5 Å². The van der Waals surface area contributed by atoms with E-state index in [9.17, 15) is 0 Å². The Morgan fingerprint density at radius 1 is 1.38 bits per heavy atom. The molecule has 0 bridgehead atoms. The monoisotopic (exact) mass is 222 g/mol. The summed E-state index contributed by atoms with van der Waals surface area (Å²) >= 11 is 0. The van der Waals surface area contributed by atoms with Gasteiger partial charge in [0.25, 0.3) is 0 Å². The Kier molecular flexibility index (Phi) is 3.09. The summed E-state index contributed by atoms with van der Waals surface area (Å²) in [5, 5.41) is 2.97. The fourth-order valence-electron chi connectivity index (χ4n) is 1.87. The van der Waals surface area contributed by atoms with Gasteiger partial charge < -0.3 is 21.7 Å². The predicted molar refractivity (Wildman–Crippen MR) is 65.4 cm³/mol. The SMILES string of the molecule is CNc1cc(N2CCC(N)CC2)nc(N)n1. The van der Waals surface area contributed by atoms with Crippen LogP contribution >= 0.6 is 0 Å². The Morgan fingerprint density at radius 2 is 2.06 bits per heavy atom. The number of nitrogens with one attached hydrogen (secondary N) is 1. The van der Waals surface area contributed by atoms with Gasteiger partial charge in [0.2, 0.25) is 5.95 Å². The van der Waals surface area contributed by atoms with Crippen LogP contribution < -0.4 is 21.7 Å². The van der Waals surface area contributed by atoms with Crippen molar-refractivity contribution >= 4 is 17.6 Å². The summed E-state index contributed by atoms with van der Waals surface area (Å²) in [5.74, 6) is 1.93. The molecule has 1 fully saturated rings. The lowest BCUT2D eigenvalue weighted by molar-refractivity contribution is 0.498. The largest absolute Gasteiger partial charge is 0.373 e. The van der Waals surface area contributed by atoms with Crippen LogP contribution in [-0.2, 0) is 0 Å². The van der Waals surface area contributed by atoms with E-state index in [0.717, 1.165) is 37.6 Å². The zero-order valence-corrected chi connectivity index (χ0v) is 9.48. The lowest BCUT2D eigenvalue weighted by Crippen LogP contribution is -2.40. The molecule has 0 amide bonds. The van der Waals surface area contributed by atoms with E-state index in [1.807, 2.05) is 13.1 Å². The maximum Gasteiger partial charge on any atom is 0.223 e. The highest BCUT2D eigenvalue weighted by Gasteiger charge is 2.18. The van der Waals surface area contributed by atoms with Crippen LogP contribution in [0.4, 0.5) is 17.6 Å². The van der Waals surface area contributed by atoms with Crippen LogP contribution in [0.15, 0.2) is 6.07 Å².